The van der Waals surface area contributed by atoms with Gasteiger partial charge in [-0.3, -0.25) is 4.68 Å². The zero-order chi connectivity index (χ0) is 8.97. The SMILES string of the molecule is CC[C@@H](CCN)n1cc(Cl)cn1. The molecule has 0 radical (unpaired) electrons. The molecule has 4 heteroatoms. The van der Waals surface area contributed by atoms with E-state index in [2.05, 4.69) is 12.0 Å². The molecule has 1 heterocycles. The molecule has 1 aromatic rings. The van der Waals surface area contributed by atoms with Crippen LogP contribution >= 0.6 is 11.6 Å². The van der Waals surface area contributed by atoms with E-state index < -0.39 is 0 Å². The fourth-order valence-electron chi connectivity index (χ4n) is 1.23. The summed E-state index contributed by atoms with van der Waals surface area (Å²) in [6.45, 7) is 2.81. The normalized spacial score (nSPS) is 13.2. The summed E-state index contributed by atoms with van der Waals surface area (Å²) in [5.41, 5.74) is 5.48. The van der Waals surface area contributed by atoms with Crippen molar-refractivity contribution in [1.29, 1.82) is 0 Å². The lowest BCUT2D eigenvalue weighted by atomic mass is 10.1. The van der Waals surface area contributed by atoms with Gasteiger partial charge >= 0.3 is 0 Å². The predicted octanol–water partition coefficient (Wildman–Crippen LogP) is 1.84. The van der Waals surface area contributed by atoms with Crippen molar-refractivity contribution in [2.24, 2.45) is 5.73 Å². The molecule has 0 amide bonds. The maximum Gasteiger partial charge on any atom is 0.0785 e. The van der Waals surface area contributed by atoms with E-state index in [1.807, 2.05) is 10.9 Å². The van der Waals surface area contributed by atoms with Gasteiger partial charge in [-0.05, 0) is 19.4 Å². The van der Waals surface area contributed by atoms with Gasteiger partial charge < -0.3 is 5.73 Å². The lowest BCUT2D eigenvalue weighted by Crippen LogP contribution is -2.13. The minimum Gasteiger partial charge on any atom is -0.330 e. The van der Waals surface area contributed by atoms with E-state index in [1.165, 1.54) is 0 Å². The number of aromatic nitrogens is 2. The van der Waals surface area contributed by atoms with E-state index in [-0.39, 0.29) is 0 Å². The first-order chi connectivity index (χ1) is 5.77. The van der Waals surface area contributed by atoms with Gasteiger partial charge in [-0.2, -0.15) is 5.10 Å². The maximum atomic E-state index is 5.75. The molecule has 68 valence electrons. The molecule has 0 bridgehead atoms. The van der Waals surface area contributed by atoms with Gasteiger partial charge in [0.15, 0.2) is 0 Å². The van der Waals surface area contributed by atoms with Crippen LogP contribution in [0.1, 0.15) is 25.8 Å². The zero-order valence-electron chi connectivity index (χ0n) is 7.20. The summed E-state index contributed by atoms with van der Waals surface area (Å²) in [4.78, 5) is 0. The van der Waals surface area contributed by atoms with Crippen LogP contribution in [0.2, 0.25) is 5.02 Å². The Labute approximate surface area is 77.5 Å². The second kappa shape index (κ2) is 4.48. The quantitative estimate of drug-likeness (QED) is 0.782. The topological polar surface area (TPSA) is 43.8 Å². The Morgan fingerprint density at radius 3 is 2.92 bits per heavy atom. The molecule has 3 nitrogen and oxygen atoms in total. The average Bonchev–Trinajstić information content (AvgIpc) is 2.47. The standard InChI is InChI=1S/C8H14ClN3/c1-2-8(3-4-10)12-6-7(9)5-11-12/h5-6,8H,2-4,10H2,1H3/t8-/m0/s1. The fourth-order valence-corrected chi connectivity index (χ4v) is 1.37. The molecule has 0 aromatic carbocycles. The van der Waals surface area contributed by atoms with Crippen LogP contribution in [0, 0.1) is 0 Å². The fraction of sp³-hybridized carbons (Fsp3) is 0.625. The highest BCUT2D eigenvalue weighted by atomic mass is 35.5. The Morgan fingerprint density at radius 2 is 2.50 bits per heavy atom. The molecular formula is C8H14ClN3. The summed E-state index contributed by atoms with van der Waals surface area (Å²) in [5, 5.41) is 4.82. The Hall–Kier alpha value is -0.540. The molecule has 1 atom stereocenters. The first kappa shape index (κ1) is 9.55. The second-order valence-corrected chi connectivity index (χ2v) is 3.21. The molecule has 0 aliphatic carbocycles. The summed E-state index contributed by atoms with van der Waals surface area (Å²) in [6.07, 6.45) is 5.48. The van der Waals surface area contributed by atoms with Crippen LogP contribution in [0.4, 0.5) is 0 Å². The molecule has 1 rings (SSSR count). The molecule has 0 spiro atoms. The highest BCUT2D eigenvalue weighted by Crippen LogP contribution is 2.16. The molecule has 12 heavy (non-hydrogen) atoms. The minimum atomic E-state index is 0.391. The van der Waals surface area contributed by atoms with Crippen LogP contribution in [0.3, 0.4) is 0 Å². The van der Waals surface area contributed by atoms with Crippen molar-refractivity contribution in [2.75, 3.05) is 6.54 Å². The molecule has 0 aliphatic rings. The maximum absolute atomic E-state index is 5.75. The van der Waals surface area contributed by atoms with Crippen molar-refractivity contribution in [2.45, 2.75) is 25.8 Å². The largest absolute Gasteiger partial charge is 0.330 e. The van der Waals surface area contributed by atoms with Crippen molar-refractivity contribution in [3.05, 3.63) is 17.4 Å². The van der Waals surface area contributed by atoms with Gasteiger partial charge in [-0.1, -0.05) is 18.5 Å². The van der Waals surface area contributed by atoms with Crippen LogP contribution in [0.5, 0.6) is 0 Å². The number of rotatable bonds is 4. The molecule has 0 fully saturated rings. The molecule has 0 saturated heterocycles. The first-order valence-corrected chi connectivity index (χ1v) is 4.55. The monoisotopic (exact) mass is 187 g/mol. The van der Waals surface area contributed by atoms with Gasteiger partial charge in [-0.25, -0.2) is 0 Å². The summed E-state index contributed by atoms with van der Waals surface area (Å²) >= 11 is 5.75. The molecular weight excluding hydrogens is 174 g/mol. The molecule has 2 N–H and O–H groups in total. The Kier molecular flexibility index (Phi) is 3.56. The molecule has 0 unspecified atom stereocenters. The minimum absolute atomic E-state index is 0.391. The van der Waals surface area contributed by atoms with Crippen LogP contribution < -0.4 is 5.73 Å². The number of hydrogen-bond acceptors (Lipinski definition) is 2. The number of nitrogens with zero attached hydrogens (tertiary/aromatic N) is 2. The van der Waals surface area contributed by atoms with Crippen molar-refractivity contribution in [3.8, 4) is 0 Å². The van der Waals surface area contributed by atoms with Crippen LogP contribution in [-0.2, 0) is 0 Å². The highest BCUT2D eigenvalue weighted by Gasteiger charge is 2.07. The average molecular weight is 188 g/mol. The van der Waals surface area contributed by atoms with Crippen molar-refractivity contribution < 1.29 is 0 Å². The van der Waals surface area contributed by atoms with Crippen molar-refractivity contribution in [1.82, 2.24) is 9.78 Å². The lowest BCUT2D eigenvalue weighted by Gasteiger charge is -2.13. The van der Waals surface area contributed by atoms with Crippen LogP contribution in [-0.4, -0.2) is 16.3 Å². The Morgan fingerprint density at radius 1 is 1.75 bits per heavy atom. The highest BCUT2D eigenvalue weighted by molar-refractivity contribution is 6.30. The molecule has 1 aromatic heterocycles. The third kappa shape index (κ3) is 2.22. The van der Waals surface area contributed by atoms with Crippen molar-refractivity contribution in [3.63, 3.8) is 0 Å². The summed E-state index contributed by atoms with van der Waals surface area (Å²) in [6, 6.07) is 0.391. The van der Waals surface area contributed by atoms with E-state index >= 15 is 0 Å². The molecule has 0 aliphatic heterocycles. The van der Waals surface area contributed by atoms with Crippen LogP contribution in [0.15, 0.2) is 12.4 Å². The zero-order valence-corrected chi connectivity index (χ0v) is 7.96. The van der Waals surface area contributed by atoms with Gasteiger partial charge in [0, 0.05) is 6.20 Å². The van der Waals surface area contributed by atoms with Crippen molar-refractivity contribution >= 4 is 11.6 Å². The Balaban J connectivity index is 2.66. The van der Waals surface area contributed by atoms with Gasteiger partial charge in [0.1, 0.15) is 0 Å². The summed E-state index contributed by atoms with van der Waals surface area (Å²) in [5.74, 6) is 0. The van der Waals surface area contributed by atoms with Gasteiger partial charge in [-0.15, -0.1) is 0 Å². The third-order valence-corrected chi connectivity index (χ3v) is 2.11. The van der Waals surface area contributed by atoms with Gasteiger partial charge in [0.25, 0.3) is 0 Å². The summed E-state index contributed by atoms with van der Waals surface area (Å²) in [7, 11) is 0. The first-order valence-electron chi connectivity index (χ1n) is 4.17. The van der Waals surface area contributed by atoms with E-state index in [0.29, 0.717) is 17.6 Å². The van der Waals surface area contributed by atoms with Gasteiger partial charge in [0.05, 0.1) is 17.3 Å². The van der Waals surface area contributed by atoms with E-state index in [0.717, 1.165) is 12.8 Å². The smallest absolute Gasteiger partial charge is 0.0785 e. The second-order valence-electron chi connectivity index (χ2n) is 2.78. The summed E-state index contributed by atoms with van der Waals surface area (Å²) < 4.78 is 1.88. The lowest BCUT2D eigenvalue weighted by molar-refractivity contribution is 0.418. The van der Waals surface area contributed by atoms with Gasteiger partial charge in [0.2, 0.25) is 0 Å². The number of hydrogen-bond donors (Lipinski definition) is 1. The van der Waals surface area contributed by atoms with E-state index in [1.54, 1.807) is 6.20 Å². The third-order valence-electron chi connectivity index (χ3n) is 1.92. The van der Waals surface area contributed by atoms with Crippen LogP contribution in [0.25, 0.3) is 0 Å². The number of halogens is 1. The number of nitrogens with two attached hydrogens (primary N) is 1. The molecule has 0 saturated carbocycles. The Bertz CT molecular complexity index is 234. The van der Waals surface area contributed by atoms with E-state index in [9.17, 15) is 0 Å². The van der Waals surface area contributed by atoms with E-state index in [4.69, 9.17) is 17.3 Å². The predicted molar refractivity (Wildman–Crippen MR) is 50.2 cm³/mol.